The lowest BCUT2D eigenvalue weighted by Crippen LogP contribution is -2.16. The summed E-state index contributed by atoms with van der Waals surface area (Å²) in [6.45, 7) is 2.32. The Morgan fingerprint density at radius 2 is 1.76 bits per heavy atom. The van der Waals surface area contributed by atoms with Crippen molar-refractivity contribution in [3.05, 3.63) is 117 Å². The molecule has 0 saturated heterocycles. The van der Waals surface area contributed by atoms with Crippen LogP contribution in [0, 0.1) is 10.1 Å². The predicted octanol–water partition coefficient (Wildman–Crippen LogP) is 4.21. The summed E-state index contributed by atoms with van der Waals surface area (Å²) < 4.78 is 21.3. The van der Waals surface area contributed by atoms with E-state index in [0.717, 1.165) is 24.0 Å². The highest BCUT2D eigenvalue weighted by Gasteiger charge is 2.25. The number of nitro benzene ring substituents is 1. The molecule has 0 amide bonds. The van der Waals surface area contributed by atoms with Crippen LogP contribution in [-0.2, 0) is 23.8 Å². The smallest absolute Gasteiger partial charge is 0.269 e. The second-order valence-electron chi connectivity index (χ2n) is 9.27. The minimum Gasteiger partial charge on any atom is -0.478 e. The summed E-state index contributed by atoms with van der Waals surface area (Å²) in [6.07, 6.45) is 1.78. The van der Waals surface area contributed by atoms with Gasteiger partial charge in [0.15, 0.2) is 16.9 Å². The van der Waals surface area contributed by atoms with Crippen molar-refractivity contribution >= 4 is 21.6 Å². The standard InChI is InChI=1S/C28H26N8O5S/c1-2-3-9-24-29-32-28(42(40)27(37)21-12-14-22(15-13-21)36(38)39)35(24)18-19-10-16-23(17-11-19)41-25(26-30-33-34-31-26)20-7-5-4-6-8-20/h4-8,10-17,25H,2-3,9,18H2,1H3,(H,30,31,33,34). The van der Waals surface area contributed by atoms with Gasteiger partial charge in [0.25, 0.3) is 10.8 Å². The molecule has 0 spiro atoms. The van der Waals surface area contributed by atoms with E-state index in [4.69, 9.17) is 4.74 Å². The molecule has 2 heterocycles. The number of hydrogen-bond acceptors (Lipinski definition) is 10. The molecule has 0 aliphatic carbocycles. The van der Waals surface area contributed by atoms with Crippen LogP contribution < -0.4 is 4.74 Å². The van der Waals surface area contributed by atoms with Crippen LogP contribution in [0.5, 0.6) is 5.75 Å². The average Bonchev–Trinajstić information content (AvgIpc) is 3.70. The Morgan fingerprint density at radius 3 is 2.40 bits per heavy atom. The van der Waals surface area contributed by atoms with Crippen LogP contribution >= 0.6 is 0 Å². The molecule has 0 bridgehead atoms. The third-order valence-electron chi connectivity index (χ3n) is 6.41. The molecule has 14 heteroatoms. The number of unbranched alkanes of at least 4 members (excludes halogenated alkanes) is 1. The number of ether oxygens (including phenoxy) is 1. The van der Waals surface area contributed by atoms with E-state index in [1.165, 1.54) is 24.3 Å². The number of benzene rings is 3. The van der Waals surface area contributed by atoms with E-state index in [1.54, 1.807) is 16.7 Å². The molecule has 0 radical (unpaired) electrons. The minimum atomic E-state index is -2.18. The van der Waals surface area contributed by atoms with E-state index in [9.17, 15) is 19.1 Å². The van der Waals surface area contributed by atoms with E-state index in [0.29, 0.717) is 23.8 Å². The van der Waals surface area contributed by atoms with Gasteiger partial charge in [0.2, 0.25) is 11.0 Å². The van der Waals surface area contributed by atoms with Gasteiger partial charge >= 0.3 is 0 Å². The van der Waals surface area contributed by atoms with Crippen LogP contribution in [0.1, 0.15) is 59.0 Å². The molecule has 0 saturated carbocycles. The molecule has 13 nitrogen and oxygen atoms in total. The molecule has 1 N–H and O–H groups in total. The van der Waals surface area contributed by atoms with Gasteiger partial charge in [-0.1, -0.05) is 61.0 Å². The Kier molecular flexibility index (Phi) is 8.82. The molecule has 5 rings (SSSR count). The highest BCUT2D eigenvalue weighted by molar-refractivity contribution is 8.00. The van der Waals surface area contributed by atoms with E-state index < -0.39 is 26.9 Å². The van der Waals surface area contributed by atoms with Gasteiger partial charge in [-0.15, -0.1) is 20.4 Å². The number of aromatic amines is 1. The topological polar surface area (TPSA) is 172 Å². The summed E-state index contributed by atoms with van der Waals surface area (Å²) in [5.74, 6) is 1.57. The van der Waals surface area contributed by atoms with Gasteiger partial charge in [-0.3, -0.25) is 19.5 Å². The van der Waals surface area contributed by atoms with E-state index in [-0.39, 0.29) is 23.0 Å². The number of aryl methyl sites for hydroxylation is 1. The van der Waals surface area contributed by atoms with Crippen LogP contribution in [-0.4, -0.2) is 49.6 Å². The fraction of sp³-hybridized carbons (Fsp3) is 0.214. The Bertz CT molecular complexity index is 1670. The molecule has 5 aromatic rings. The highest BCUT2D eigenvalue weighted by atomic mass is 32.2. The monoisotopic (exact) mass is 586 g/mol. The number of tetrazole rings is 1. The van der Waals surface area contributed by atoms with Crippen LogP contribution in [0.3, 0.4) is 0 Å². The van der Waals surface area contributed by atoms with Gasteiger partial charge in [-0.2, -0.15) is 5.21 Å². The Morgan fingerprint density at radius 1 is 1.02 bits per heavy atom. The SMILES string of the molecule is CCCCc1nnc(S(=O)C(=O)c2ccc([N+](=O)[O-])cc2)n1Cc1ccc(OC(c2ccccc2)c2nn[nH]n2)cc1. The number of aromatic nitrogens is 7. The number of non-ortho nitro benzene ring substituents is 1. The first kappa shape index (κ1) is 28.4. The van der Waals surface area contributed by atoms with Gasteiger partial charge < -0.3 is 4.74 Å². The van der Waals surface area contributed by atoms with Crippen molar-refractivity contribution in [3.63, 3.8) is 0 Å². The van der Waals surface area contributed by atoms with Gasteiger partial charge in [-0.25, -0.2) is 4.21 Å². The van der Waals surface area contributed by atoms with E-state index in [1.807, 2.05) is 49.4 Å². The summed E-state index contributed by atoms with van der Waals surface area (Å²) in [5, 5.41) is 32.9. The van der Waals surface area contributed by atoms with E-state index >= 15 is 0 Å². The average molecular weight is 587 g/mol. The van der Waals surface area contributed by atoms with Gasteiger partial charge in [0.05, 0.1) is 11.5 Å². The minimum absolute atomic E-state index is 0.0195. The fourth-order valence-electron chi connectivity index (χ4n) is 4.21. The summed E-state index contributed by atoms with van der Waals surface area (Å²) >= 11 is 0. The maximum Gasteiger partial charge on any atom is 0.269 e. The van der Waals surface area contributed by atoms with Crippen LogP contribution in [0.25, 0.3) is 0 Å². The second kappa shape index (κ2) is 13.0. The van der Waals surface area contributed by atoms with Crippen molar-refractivity contribution in [2.45, 2.75) is 44.0 Å². The molecule has 0 aliphatic heterocycles. The highest BCUT2D eigenvalue weighted by Crippen LogP contribution is 2.27. The zero-order valence-corrected chi connectivity index (χ0v) is 23.3. The van der Waals surface area contributed by atoms with Gasteiger partial charge in [0, 0.05) is 29.7 Å². The Labute approximate surface area is 242 Å². The number of carbonyl (C=O) groups is 1. The first-order valence-corrected chi connectivity index (χ1v) is 14.3. The summed E-state index contributed by atoms with van der Waals surface area (Å²) in [4.78, 5) is 23.4. The number of rotatable bonds is 12. The molecule has 2 atom stereocenters. The van der Waals surface area contributed by atoms with Crippen molar-refractivity contribution in [2.75, 3.05) is 0 Å². The molecular weight excluding hydrogens is 560 g/mol. The van der Waals surface area contributed by atoms with Crippen LogP contribution in [0.15, 0.2) is 84.0 Å². The van der Waals surface area contributed by atoms with Crippen molar-refractivity contribution in [1.82, 2.24) is 35.4 Å². The maximum atomic E-state index is 13.3. The lowest BCUT2D eigenvalue weighted by atomic mass is 10.1. The van der Waals surface area contributed by atoms with Crippen LogP contribution in [0.2, 0.25) is 0 Å². The quantitative estimate of drug-likeness (QED) is 0.165. The van der Waals surface area contributed by atoms with Gasteiger partial charge in [0.1, 0.15) is 11.6 Å². The molecule has 42 heavy (non-hydrogen) atoms. The molecule has 0 aliphatic rings. The lowest BCUT2D eigenvalue weighted by molar-refractivity contribution is -0.384. The largest absolute Gasteiger partial charge is 0.478 e. The normalized spacial score (nSPS) is 12.5. The van der Waals surface area contributed by atoms with Crippen molar-refractivity contribution in [1.29, 1.82) is 0 Å². The number of hydrogen-bond donors (Lipinski definition) is 1. The lowest BCUT2D eigenvalue weighted by Gasteiger charge is -2.17. The molecule has 2 aromatic heterocycles. The number of nitro groups is 1. The summed E-state index contributed by atoms with van der Waals surface area (Å²) in [5.41, 5.74) is 1.62. The second-order valence-corrected chi connectivity index (χ2v) is 10.5. The van der Waals surface area contributed by atoms with E-state index in [2.05, 4.69) is 30.8 Å². The number of H-pyrrole nitrogens is 1. The molecule has 214 valence electrons. The molecule has 0 fully saturated rings. The fourth-order valence-corrected chi connectivity index (χ4v) is 5.22. The van der Waals surface area contributed by atoms with Crippen molar-refractivity contribution in [3.8, 4) is 5.75 Å². The number of carbonyl (C=O) groups excluding carboxylic acids is 1. The third kappa shape index (κ3) is 6.44. The maximum absolute atomic E-state index is 13.3. The first-order valence-electron chi connectivity index (χ1n) is 13.1. The first-order chi connectivity index (χ1) is 20.4. The Hall–Kier alpha value is -5.11. The predicted molar refractivity (Wildman–Crippen MR) is 151 cm³/mol. The zero-order valence-electron chi connectivity index (χ0n) is 22.5. The molecule has 3 aromatic carbocycles. The molecule has 2 unspecified atom stereocenters. The van der Waals surface area contributed by atoms with Gasteiger partial charge in [-0.05, 0) is 36.2 Å². The zero-order chi connectivity index (χ0) is 29.5. The summed E-state index contributed by atoms with van der Waals surface area (Å²) in [6, 6.07) is 21.9. The molecular formula is C28H26N8O5S. The third-order valence-corrected chi connectivity index (χ3v) is 7.62. The summed E-state index contributed by atoms with van der Waals surface area (Å²) in [7, 11) is -2.18. The number of nitrogens with one attached hydrogen (secondary N) is 1. The Balaban J connectivity index is 1.37. The van der Waals surface area contributed by atoms with Crippen LogP contribution in [0.4, 0.5) is 5.69 Å². The van der Waals surface area contributed by atoms with Crippen molar-refractivity contribution < 1.29 is 18.7 Å². The number of nitrogens with zero attached hydrogens (tertiary/aromatic N) is 7. The van der Waals surface area contributed by atoms with Crippen molar-refractivity contribution in [2.24, 2.45) is 0 Å².